The molecular formula is C10H12BrFN2O. The number of benzene rings is 1. The number of hydrogen-bond acceptors (Lipinski definition) is 2. The van der Waals surface area contributed by atoms with E-state index in [1.165, 1.54) is 12.1 Å². The Kier molecular flexibility index (Phi) is 4.55. The molecule has 0 aliphatic carbocycles. The molecule has 1 rings (SSSR count). The van der Waals surface area contributed by atoms with E-state index in [1.807, 2.05) is 0 Å². The van der Waals surface area contributed by atoms with E-state index in [0.717, 1.165) is 11.8 Å². The van der Waals surface area contributed by atoms with Gasteiger partial charge in [-0.25, -0.2) is 4.39 Å². The van der Waals surface area contributed by atoms with Crippen LogP contribution in [0.2, 0.25) is 0 Å². The van der Waals surface area contributed by atoms with Crippen molar-refractivity contribution in [3.63, 3.8) is 0 Å². The number of alkyl halides is 1. The van der Waals surface area contributed by atoms with E-state index in [-0.39, 0.29) is 11.6 Å². The summed E-state index contributed by atoms with van der Waals surface area (Å²) in [5.74, 6) is -0.646. The van der Waals surface area contributed by atoms with Crippen LogP contribution < -0.4 is 11.1 Å². The Labute approximate surface area is 96.0 Å². The van der Waals surface area contributed by atoms with Gasteiger partial charge >= 0.3 is 0 Å². The molecule has 1 aromatic rings. The molecule has 1 aromatic carbocycles. The Bertz CT molecular complexity index is 357. The summed E-state index contributed by atoms with van der Waals surface area (Å²) >= 11 is 3.23. The lowest BCUT2D eigenvalue weighted by Crippen LogP contribution is -2.11. The maximum atomic E-state index is 13.0. The van der Waals surface area contributed by atoms with Crippen molar-refractivity contribution in [2.75, 3.05) is 16.4 Å². The first-order valence-corrected chi connectivity index (χ1v) is 5.66. The van der Waals surface area contributed by atoms with E-state index >= 15 is 0 Å². The molecule has 0 heterocycles. The average Bonchev–Trinajstić information content (AvgIpc) is 2.20. The quantitative estimate of drug-likeness (QED) is 0.655. The number of anilines is 2. The van der Waals surface area contributed by atoms with Gasteiger partial charge in [-0.3, -0.25) is 4.79 Å². The molecule has 0 aliphatic heterocycles. The highest BCUT2D eigenvalue weighted by Gasteiger charge is 2.04. The van der Waals surface area contributed by atoms with Crippen molar-refractivity contribution in [1.82, 2.24) is 0 Å². The van der Waals surface area contributed by atoms with Gasteiger partial charge in [0.25, 0.3) is 0 Å². The van der Waals surface area contributed by atoms with E-state index < -0.39 is 5.82 Å². The van der Waals surface area contributed by atoms with Crippen LogP contribution in [0.15, 0.2) is 18.2 Å². The van der Waals surface area contributed by atoms with Gasteiger partial charge in [0.15, 0.2) is 0 Å². The Morgan fingerprint density at radius 1 is 1.53 bits per heavy atom. The van der Waals surface area contributed by atoms with Gasteiger partial charge in [-0.15, -0.1) is 0 Å². The first-order chi connectivity index (χ1) is 7.13. The van der Waals surface area contributed by atoms with Gasteiger partial charge < -0.3 is 11.1 Å². The summed E-state index contributed by atoms with van der Waals surface area (Å²) in [6, 6.07) is 4.21. The minimum absolute atomic E-state index is 0.0773. The molecular weight excluding hydrogens is 263 g/mol. The Hall–Kier alpha value is -1.10. The minimum atomic E-state index is -0.520. The lowest BCUT2D eigenvalue weighted by Gasteiger charge is -2.05. The van der Waals surface area contributed by atoms with Crippen molar-refractivity contribution in [2.24, 2.45) is 0 Å². The van der Waals surface area contributed by atoms with Gasteiger partial charge in [-0.1, -0.05) is 15.9 Å². The predicted octanol–water partition coefficient (Wildman–Crippen LogP) is 2.52. The summed E-state index contributed by atoms with van der Waals surface area (Å²) in [7, 11) is 0. The van der Waals surface area contributed by atoms with E-state index in [4.69, 9.17) is 5.73 Å². The van der Waals surface area contributed by atoms with Crippen molar-refractivity contribution < 1.29 is 9.18 Å². The Morgan fingerprint density at radius 2 is 2.27 bits per heavy atom. The molecule has 0 aromatic heterocycles. The average molecular weight is 275 g/mol. The van der Waals surface area contributed by atoms with Crippen LogP contribution in [0.4, 0.5) is 15.8 Å². The highest BCUT2D eigenvalue weighted by atomic mass is 79.9. The van der Waals surface area contributed by atoms with Crippen molar-refractivity contribution in [2.45, 2.75) is 12.8 Å². The molecule has 0 unspecified atom stereocenters. The Balaban J connectivity index is 2.57. The second-order valence-corrected chi connectivity index (χ2v) is 3.87. The molecule has 15 heavy (non-hydrogen) atoms. The lowest BCUT2D eigenvalue weighted by atomic mass is 10.2. The summed E-state index contributed by atoms with van der Waals surface area (Å²) in [5.41, 5.74) is 5.81. The molecule has 0 bridgehead atoms. The lowest BCUT2D eigenvalue weighted by molar-refractivity contribution is -0.116. The van der Waals surface area contributed by atoms with Gasteiger partial charge in [0.05, 0.1) is 5.69 Å². The van der Waals surface area contributed by atoms with E-state index in [0.29, 0.717) is 12.1 Å². The van der Waals surface area contributed by atoms with E-state index in [1.54, 1.807) is 6.07 Å². The molecule has 0 fully saturated rings. The van der Waals surface area contributed by atoms with E-state index in [9.17, 15) is 9.18 Å². The maximum Gasteiger partial charge on any atom is 0.224 e. The maximum absolute atomic E-state index is 13.0. The number of carbonyl (C=O) groups excluding carboxylic acids is 1. The van der Waals surface area contributed by atoms with Gasteiger partial charge in [0.1, 0.15) is 5.82 Å². The van der Waals surface area contributed by atoms with E-state index in [2.05, 4.69) is 21.2 Å². The molecule has 3 nitrogen and oxygen atoms in total. The van der Waals surface area contributed by atoms with Crippen molar-refractivity contribution in [1.29, 1.82) is 0 Å². The number of rotatable bonds is 4. The van der Waals surface area contributed by atoms with Crippen molar-refractivity contribution in [3.8, 4) is 0 Å². The molecule has 0 saturated carbocycles. The third-order valence-electron chi connectivity index (χ3n) is 1.82. The zero-order valence-corrected chi connectivity index (χ0v) is 9.68. The zero-order chi connectivity index (χ0) is 11.3. The van der Waals surface area contributed by atoms with Crippen LogP contribution in [0.25, 0.3) is 0 Å². The normalized spacial score (nSPS) is 10.0. The van der Waals surface area contributed by atoms with Crippen LogP contribution in [0.1, 0.15) is 12.8 Å². The predicted molar refractivity (Wildman–Crippen MR) is 62.5 cm³/mol. The molecule has 3 N–H and O–H groups in total. The number of nitrogen functional groups attached to an aromatic ring is 1. The monoisotopic (exact) mass is 274 g/mol. The second-order valence-electron chi connectivity index (χ2n) is 3.08. The molecule has 0 spiro atoms. The summed E-state index contributed by atoms with van der Waals surface area (Å²) in [4.78, 5) is 11.3. The molecule has 1 amide bonds. The van der Waals surface area contributed by atoms with Crippen LogP contribution in [0.5, 0.6) is 0 Å². The third-order valence-corrected chi connectivity index (χ3v) is 2.38. The smallest absolute Gasteiger partial charge is 0.224 e. The number of hydrogen-bond donors (Lipinski definition) is 2. The summed E-state index contributed by atoms with van der Waals surface area (Å²) < 4.78 is 13.0. The summed E-state index contributed by atoms with van der Waals surface area (Å²) in [6.07, 6.45) is 1.17. The molecule has 0 aliphatic rings. The molecule has 0 radical (unpaired) electrons. The van der Waals surface area contributed by atoms with Crippen LogP contribution in [0.3, 0.4) is 0 Å². The zero-order valence-electron chi connectivity index (χ0n) is 8.09. The molecule has 0 saturated heterocycles. The van der Waals surface area contributed by atoms with Crippen molar-refractivity contribution in [3.05, 3.63) is 24.0 Å². The SMILES string of the molecule is Nc1ccc(NC(=O)CCCBr)cc1F. The van der Waals surface area contributed by atoms with Gasteiger partial charge in [0.2, 0.25) is 5.91 Å². The number of nitrogens with two attached hydrogens (primary N) is 1. The fraction of sp³-hybridized carbons (Fsp3) is 0.300. The molecule has 5 heteroatoms. The number of carbonyl (C=O) groups is 1. The Morgan fingerprint density at radius 3 is 2.87 bits per heavy atom. The van der Waals surface area contributed by atoms with Gasteiger partial charge in [-0.2, -0.15) is 0 Å². The second kappa shape index (κ2) is 5.70. The van der Waals surface area contributed by atoms with Gasteiger partial charge in [0, 0.05) is 17.4 Å². The molecule has 0 atom stereocenters. The number of nitrogens with one attached hydrogen (secondary N) is 1. The van der Waals surface area contributed by atoms with Crippen LogP contribution in [-0.2, 0) is 4.79 Å². The first-order valence-electron chi connectivity index (χ1n) is 4.54. The van der Waals surface area contributed by atoms with Crippen LogP contribution in [-0.4, -0.2) is 11.2 Å². The first kappa shape index (κ1) is 12.0. The van der Waals surface area contributed by atoms with Crippen LogP contribution >= 0.6 is 15.9 Å². The minimum Gasteiger partial charge on any atom is -0.396 e. The fourth-order valence-corrected chi connectivity index (χ4v) is 1.34. The van der Waals surface area contributed by atoms with Gasteiger partial charge in [-0.05, 0) is 24.6 Å². The number of halogens is 2. The van der Waals surface area contributed by atoms with Crippen molar-refractivity contribution >= 4 is 33.2 Å². The summed E-state index contributed by atoms with van der Waals surface area (Å²) in [5, 5.41) is 3.36. The third kappa shape index (κ3) is 3.87. The highest BCUT2D eigenvalue weighted by Crippen LogP contribution is 2.16. The standard InChI is InChI=1S/C10H12BrFN2O/c11-5-1-2-10(15)14-7-3-4-9(13)8(12)6-7/h3-4,6H,1-2,5,13H2,(H,14,15). The number of amides is 1. The molecule has 82 valence electrons. The fourth-order valence-electron chi connectivity index (χ4n) is 1.06. The van der Waals surface area contributed by atoms with Crippen LogP contribution in [0, 0.1) is 5.82 Å². The summed E-state index contributed by atoms with van der Waals surface area (Å²) in [6.45, 7) is 0. The topological polar surface area (TPSA) is 55.1 Å². The largest absolute Gasteiger partial charge is 0.396 e. The highest BCUT2D eigenvalue weighted by molar-refractivity contribution is 9.09.